The Hall–Kier alpha value is -2.79. The molecule has 0 aliphatic carbocycles. The zero-order valence-electron chi connectivity index (χ0n) is 14.4. The molecule has 2 aromatic carbocycles. The number of hydrogen-bond donors (Lipinski definition) is 0. The van der Waals surface area contributed by atoms with Crippen molar-refractivity contribution < 1.29 is 4.79 Å². The van der Waals surface area contributed by atoms with Crippen LogP contribution in [0.4, 0.5) is 0 Å². The van der Waals surface area contributed by atoms with Gasteiger partial charge >= 0.3 is 0 Å². The number of halogens is 1. The van der Waals surface area contributed by atoms with Crippen LogP contribution in [0.1, 0.15) is 21.7 Å². The summed E-state index contributed by atoms with van der Waals surface area (Å²) in [5, 5.41) is 5.17. The minimum Gasteiger partial charge on any atom is -0.267 e. The molecular formula is C21H16BrN3O. The lowest BCUT2D eigenvalue weighted by Crippen LogP contribution is -2.16. The molecule has 2 aromatic heterocycles. The van der Waals surface area contributed by atoms with Gasteiger partial charge in [0, 0.05) is 21.1 Å². The van der Waals surface area contributed by atoms with Crippen molar-refractivity contribution in [3.05, 3.63) is 82.1 Å². The summed E-state index contributed by atoms with van der Waals surface area (Å²) in [5.41, 5.74) is 4.73. The van der Waals surface area contributed by atoms with E-state index >= 15 is 0 Å². The lowest BCUT2D eigenvalue weighted by atomic mass is 10.0. The van der Waals surface area contributed by atoms with Crippen molar-refractivity contribution in [1.82, 2.24) is 14.8 Å². The molecule has 5 heteroatoms. The molecular weight excluding hydrogens is 390 g/mol. The van der Waals surface area contributed by atoms with E-state index in [1.807, 2.05) is 74.5 Å². The molecule has 0 atom stereocenters. The van der Waals surface area contributed by atoms with Gasteiger partial charge in [-0.1, -0.05) is 46.3 Å². The van der Waals surface area contributed by atoms with Gasteiger partial charge in [-0.15, -0.1) is 0 Å². The quantitative estimate of drug-likeness (QED) is 0.462. The largest absolute Gasteiger partial charge is 0.279 e. The molecule has 4 aromatic rings. The molecule has 0 saturated heterocycles. The summed E-state index contributed by atoms with van der Waals surface area (Å²) in [4.78, 5) is 18.0. The van der Waals surface area contributed by atoms with E-state index in [0.29, 0.717) is 5.56 Å². The molecule has 0 fully saturated rings. The number of benzene rings is 2. The standard InChI is InChI=1S/C21H16BrN3O/c1-13-10-14(2)25(24-13)21(26)18-12-20(15-6-5-7-16(22)11-15)23-19-9-4-3-8-17(18)19/h3-12H,1-2H3. The molecule has 0 aliphatic heterocycles. The van der Waals surface area contributed by atoms with Crippen molar-refractivity contribution in [1.29, 1.82) is 0 Å². The molecule has 0 bridgehead atoms. The summed E-state index contributed by atoms with van der Waals surface area (Å²) >= 11 is 3.50. The molecule has 0 spiro atoms. The fraction of sp³-hybridized carbons (Fsp3) is 0.0952. The highest BCUT2D eigenvalue weighted by Gasteiger charge is 2.18. The maximum absolute atomic E-state index is 13.2. The molecule has 26 heavy (non-hydrogen) atoms. The van der Waals surface area contributed by atoms with Crippen LogP contribution in [0.2, 0.25) is 0 Å². The van der Waals surface area contributed by atoms with Gasteiger partial charge in [-0.3, -0.25) is 4.79 Å². The summed E-state index contributed by atoms with van der Waals surface area (Å²) in [7, 11) is 0. The highest BCUT2D eigenvalue weighted by atomic mass is 79.9. The summed E-state index contributed by atoms with van der Waals surface area (Å²) in [6.45, 7) is 3.77. The Kier molecular flexibility index (Phi) is 4.17. The van der Waals surface area contributed by atoms with Crippen LogP contribution < -0.4 is 0 Å². The van der Waals surface area contributed by atoms with Crippen molar-refractivity contribution in [2.24, 2.45) is 0 Å². The van der Waals surface area contributed by atoms with Gasteiger partial charge in [0.15, 0.2) is 0 Å². The molecule has 0 saturated carbocycles. The molecule has 4 rings (SSSR count). The van der Waals surface area contributed by atoms with Gasteiger partial charge in [-0.05, 0) is 44.2 Å². The van der Waals surface area contributed by atoms with Crippen LogP contribution in [0.15, 0.2) is 65.1 Å². The third-order valence-electron chi connectivity index (χ3n) is 4.27. The van der Waals surface area contributed by atoms with Crippen LogP contribution >= 0.6 is 15.9 Å². The van der Waals surface area contributed by atoms with Crippen molar-refractivity contribution in [2.75, 3.05) is 0 Å². The van der Waals surface area contributed by atoms with Gasteiger partial charge in [0.25, 0.3) is 5.91 Å². The maximum Gasteiger partial charge on any atom is 0.279 e. The van der Waals surface area contributed by atoms with Gasteiger partial charge < -0.3 is 0 Å². The minimum absolute atomic E-state index is 0.148. The second-order valence-corrected chi connectivity index (χ2v) is 7.14. The minimum atomic E-state index is -0.148. The molecule has 0 amide bonds. The Labute approximate surface area is 159 Å². The number of aryl methyl sites for hydroxylation is 2. The van der Waals surface area contributed by atoms with E-state index in [1.165, 1.54) is 4.68 Å². The Bertz CT molecular complexity index is 1150. The molecule has 2 heterocycles. The molecule has 4 nitrogen and oxygen atoms in total. The Balaban J connectivity index is 1.96. The SMILES string of the molecule is Cc1cc(C)n(C(=O)c2cc(-c3cccc(Br)c3)nc3ccccc23)n1. The first-order chi connectivity index (χ1) is 12.5. The molecule has 0 aliphatic rings. The topological polar surface area (TPSA) is 47.8 Å². The third kappa shape index (κ3) is 2.95. The summed E-state index contributed by atoms with van der Waals surface area (Å²) in [5.74, 6) is -0.148. The first-order valence-corrected chi connectivity index (χ1v) is 9.06. The highest BCUT2D eigenvalue weighted by Crippen LogP contribution is 2.27. The number of aromatic nitrogens is 3. The Morgan fingerprint density at radius 1 is 1.00 bits per heavy atom. The smallest absolute Gasteiger partial charge is 0.267 e. The van der Waals surface area contributed by atoms with Crippen molar-refractivity contribution in [3.63, 3.8) is 0 Å². The van der Waals surface area contributed by atoms with Crippen LogP contribution in [-0.2, 0) is 0 Å². The lowest BCUT2D eigenvalue weighted by molar-refractivity contribution is 0.0944. The van der Waals surface area contributed by atoms with Crippen molar-refractivity contribution in [2.45, 2.75) is 13.8 Å². The van der Waals surface area contributed by atoms with Crippen LogP contribution in [-0.4, -0.2) is 20.7 Å². The molecule has 0 unspecified atom stereocenters. The molecule has 0 N–H and O–H groups in total. The highest BCUT2D eigenvalue weighted by molar-refractivity contribution is 9.10. The number of carbonyl (C=O) groups excluding carboxylic acids is 1. The number of nitrogens with zero attached hydrogens (tertiary/aromatic N) is 3. The van der Waals surface area contributed by atoms with Gasteiger partial charge in [-0.25, -0.2) is 9.67 Å². The van der Waals surface area contributed by atoms with Crippen LogP contribution in [0.5, 0.6) is 0 Å². The average Bonchev–Trinajstić information content (AvgIpc) is 2.98. The molecule has 0 radical (unpaired) electrons. The van der Waals surface area contributed by atoms with E-state index in [0.717, 1.165) is 38.0 Å². The first kappa shape index (κ1) is 16.7. The van der Waals surface area contributed by atoms with Crippen LogP contribution in [0.25, 0.3) is 22.2 Å². The van der Waals surface area contributed by atoms with Gasteiger partial charge in [0.2, 0.25) is 0 Å². The maximum atomic E-state index is 13.2. The molecule has 128 valence electrons. The van der Waals surface area contributed by atoms with Crippen molar-refractivity contribution in [3.8, 4) is 11.3 Å². The second kappa shape index (κ2) is 6.50. The second-order valence-electron chi connectivity index (χ2n) is 6.23. The Morgan fingerprint density at radius 2 is 1.81 bits per heavy atom. The predicted molar refractivity (Wildman–Crippen MR) is 106 cm³/mol. The summed E-state index contributed by atoms with van der Waals surface area (Å²) < 4.78 is 2.43. The zero-order valence-corrected chi connectivity index (χ0v) is 16.0. The van der Waals surface area contributed by atoms with Gasteiger partial charge in [0.05, 0.1) is 22.5 Å². The van der Waals surface area contributed by atoms with E-state index < -0.39 is 0 Å². The van der Waals surface area contributed by atoms with Crippen LogP contribution in [0.3, 0.4) is 0 Å². The van der Waals surface area contributed by atoms with E-state index in [-0.39, 0.29) is 5.91 Å². The summed E-state index contributed by atoms with van der Waals surface area (Å²) in [6.07, 6.45) is 0. The van der Waals surface area contributed by atoms with Gasteiger partial charge in [-0.2, -0.15) is 5.10 Å². The number of rotatable bonds is 2. The number of carbonyl (C=O) groups is 1. The number of hydrogen-bond acceptors (Lipinski definition) is 3. The average molecular weight is 406 g/mol. The Morgan fingerprint density at radius 3 is 2.54 bits per heavy atom. The van der Waals surface area contributed by atoms with E-state index in [1.54, 1.807) is 0 Å². The number of fused-ring (bicyclic) bond motifs is 1. The monoisotopic (exact) mass is 405 g/mol. The van der Waals surface area contributed by atoms with Gasteiger partial charge in [0.1, 0.15) is 0 Å². The van der Waals surface area contributed by atoms with Crippen molar-refractivity contribution >= 4 is 32.7 Å². The summed E-state index contributed by atoms with van der Waals surface area (Å²) in [6, 6.07) is 19.3. The fourth-order valence-electron chi connectivity index (χ4n) is 3.10. The lowest BCUT2D eigenvalue weighted by Gasteiger charge is -2.10. The van der Waals surface area contributed by atoms with E-state index in [4.69, 9.17) is 4.98 Å². The number of para-hydroxylation sites is 1. The fourth-order valence-corrected chi connectivity index (χ4v) is 3.50. The normalized spacial score (nSPS) is 11.0. The van der Waals surface area contributed by atoms with Crippen LogP contribution in [0, 0.1) is 13.8 Å². The third-order valence-corrected chi connectivity index (χ3v) is 4.76. The van der Waals surface area contributed by atoms with E-state index in [2.05, 4.69) is 21.0 Å². The zero-order chi connectivity index (χ0) is 18.3. The number of pyridine rings is 1. The first-order valence-electron chi connectivity index (χ1n) is 8.26. The van der Waals surface area contributed by atoms with E-state index in [9.17, 15) is 4.79 Å². The predicted octanol–water partition coefficient (Wildman–Crippen LogP) is 5.17.